The van der Waals surface area contributed by atoms with Crippen molar-refractivity contribution in [3.8, 4) is 5.88 Å². The van der Waals surface area contributed by atoms with E-state index in [0.717, 1.165) is 31.4 Å². The molecule has 2 atom stereocenters. The molecule has 0 bridgehead atoms. The van der Waals surface area contributed by atoms with Crippen molar-refractivity contribution in [1.82, 2.24) is 15.3 Å². The van der Waals surface area contributed by atoms with E-state index in [0.29, 0.717) is 11.8 Å². The number of hydrogen-bond acceptors (Lipinski definition) is 5. The Labute approximate surface area is 108 Å². The number of nitrogens with zero attached hydrogens (tertiary/aromatic N) is 3. The third kappa shape index (κ3) is 1.65. The summed E-state index contributed by atoms with van der Waals surface area (Å²) in [5, 5.41) is 3.49. The molecule has 2 aliphatic heterocycles. The van der Waals surface area contributed by atoms with Crippen LogP contribution < -0.4 is 15.0 Å². The highest BCUT2D eigenvalue weighted by Gasteiger charge is 2.50. The van der Waals surface area contributed by atoms with Crippen LogP contribution in [0.5, 0.6) is 5.88 Å². The summed E-state index contributed by atoms with van der Waals surface area (Å²) < 4.78 is 5.19. The van der Waals surface area contributed by atoms with E-state index in [4.69, 9.17) is 4.74 Å². The smallest absolute Gasteiger partial charge is 0.218 e. The minimum atomic E-state index is 0.132. The molecular weight excluding hydrogens is 228 g/mol. The maximum absolute atomic E-state index is 5.19. The molecule has 0 saturated carbocycles. The average Bonchev–Trinajstić information content (AvgIpc) is 2.92. The van der Waals surface area contributed by atoms with Gasteiger partial charge in [0.05, 0.1) is 7.11 Å². The Hall–Kier alpha value is -1.36. The Balaban J connectivity index is 1.92. The van der Waals surface area contributed by atoms with Crippen molar-refractivity contribution < 1.29 is 4.74 Å². The molecule has 5 nitrogen and oxygen atoms in total. The highest BCUT2D eigenvalue weighted by atomic mass is 16.5. The van der Waals surface area contributed by atoms with Crippen LogP contribution in [0.4, 0.5) is 5.82 Å². The number of rotatable bonds is 2. The Morgan fingerprint density at radius 2 is 2.22 bits per heavy atom. The molecule has 1 N–H and O–H groups in total. The zero-order valence-corrected chi connectivity index (χ0v) is 11.2. The standard InChI is InChI=1S/C13H20N4O/c1-13(2)10-6-14-5-9(10)7-17(13)11-4-12(18-3)16-8-15-11/h4,8-10,14H,5-7H2,1-3H3. The van der Waals surface area contributed by atoms with Gasteiger partial charge in [0.2, 0.25) is 5.88 Å². The molecule has 2 unspecified atom stereocenters. The number of nitrogens with one attached hydrogen (secondary N) is 1. The number of hydrogen-bond donors (Lipinski definition) is 1. The summed E-state index contributed by atoms with van der Waals surface area (Å²) in [4.78, 5) is 10.9. The van der Waals surface area contributed by atoms with Gasteiger partial charge >= 0.3 is 0 Å². The fraction of sp³-hybridized carbons (Fsp3) is 0.692. The highest BCUT2D eigenvalue weighted by molar-refractivity contribution is 5.46. The van der Waals surface area contributed by atoms with Crippen molar-refractivity contribution in [3.63, 3.8) is 0 Å². The van der Waals surface area contributed by atoms with E-state index in [-0.39, 0.29) is 5.54 Å². The predicted molar refractivity (Wildman–Crippen MR) is 69.9 cm³/mol. The van der Waals surface area contributed by atoms with E-state index < -0.39 is 0 Å². The van der Waals surface area contributed by atoms with Crippen LogP contribution in [0.1, 0.15) is 13.8 Å². The predicted octanol–water partition coefficient (Wildman–Crippen LogP) is 0.919. The summed E-state index contributed by atoms with van der Waals surface area (Å²) >= 11 is 0. The zero-order chi connectivity index (χ0) is 12.8. The van der Waals surface area contributed by atoms with Crippen LogP contribution >= 0.6 is 0 Å². The van der Waals surface area contributed by atoms with Gasteiger partial charge in [0.15, 0.2) is 0 Å². The minimum Gasteiger partial charge on any atom is -0.481 e. The third-order valence-corrected chi connectivity index (χ3v) is 4.47. The first-order chi connectivity index (χ1) is 8.63. The first-order valence-electron chi connectivity index (χ1n) is 6.47. The van der Waals surface area contributed by atoms with Gasteiger partial charge in [-0.2, -0.15) is 0 Å². The minimum absolute atomic E-state index is 0.132. The molecule has 3 heterocycles. The molecule has 2 aliphatic rings. The van der Waals surface area contributed by atoms with Gasteiger partial charge in [-0.1, -0.05) is 0 Å². The van der Waals surface area contributed by atoms with Crippen LogP contribution in [0.3, 0.4) is 0 Å². The second-order valence-electron chi connectivity index (χ2n) is 5.71. The molecule has 98 valence electrons. The molecule has 1 aromatic heterocycles. The van der Waals surface area contributed by atoms with Gasteiger partial charge in [-0.15, -0.1) is 0 Å². The summed E-state index contributed by atoms with van der Waals surface area (Å²) in [6.07, 6.45) is 1.58. The van der Waals surface area contributed by atoms with Crippen LogP contribution in [-0.4, -0.2) is 42.3 Å². The average molecular weight is 248 g/mol. The van der Waals surface area contributed by atoms with Gasteiger partial charge in [0.1, 0.15) is 12.1 Å². The SMILES string of the molecule is COc1cc(N2CC3CNCC3C2(C)C)ncn1. The van der Waals surface area contributed by atoms with Crippen LogP contribution in [0.2, 0.25) is 0 Å². The van der Waals surface area contributed by atoms with Crippen LogP contribution in [0.15, 0.2) is 12.4 Å². The van der Waals surface area contributed by atoms with Gasteiger partial charge in [-0.05, 0) is 25.7 Å². The van der Waals surface area contributed by atoms with E-state index in [1.165, 1.54) is 0 Å². The number of anilines is 1. The van der Waals surface area contributed by atoms with Gasteiger partial charge in [0.25, 0.3) is 0 Å². The summed E-state index contributed by atoms with van der Waals surface area (Å²) in [5.74, 6) is 3.02. The highest BCUT2D eigenvalue weighted by Crippen LogP contribution is 2.42. The largest absolute Gasteiger partial charge is 0.481 e. The van der Waals surface area contributed by atoms with Crippen LogP contribution in [0, 0.1) is 11.8 Å². The molecule has 0 spiro atoms. The van der Waals surface area contributed by atoms with Crippen LogP contribution in [0.25, 0.3) is 0 Å². The van der Waals surface area contributed by atoms with Crippen molar-refractivity contribution in [2.45, 2.75) is 19.4 Å². The number of fused-ring (bicyclic) bond motifs is 1. The third-order valence-electron chi connectivity index (χ3n) is 4.47. The summed E-state index contributed by atoms with van der Waals surface area (Å²) in [6, 6.07) is 1.93. The molecule has 2 saturated heterocycles. The second-order valence-corrected chi connectivity index (χ2v) is 5.71. The molecule has 0 aromatic carbocycles. The van der Waals surface area contributed by atoms with E-state index in [2.05, 4.69) is 34.0 Å². The fourth-order valence-corrected chi connectivity index (χ4v) is 3.40. The second kappa shape index (κ2) is 4.09. The maximum Gasteiger partial charge on any atom is 0.218 e. The lowest BCUT2D eigenvalue weighted by Gasteiger charge is -2.36. The van der Waals surface area contributed by atoms with Gasteiger partial charge < -0.3 is 15.0 Å². The van der Waals surface area contributed by atoms with E-state index >= 15 is 0 Å². The first-order valence-corrected chi connectivity index (χ1v) is 6.47. The molecule has 18 heavy (non-hydrogen) atoms. The van der Waals surface area contributed by atoms with Gasteiger partial charge in [-0.25, -0.2) is 9.97 Å². The Morgan fingerprint density at radius 1 is 1.39 bits per heavy atom. The fourth-order valence-electron chi connectivity index (χ4n) is 3.40. The molecule has 0 radical (unpaired) electrons. The van der Waals surface area contributed by atoms with Crippen molar-refractivity contribution in [1.29, 1.82) is 0 Å². The Bertz CT molecular complexity index is 448. The molecule has 5 heteroatoms. The number of methoxy groups -OCH3 is 1. The van der Waals surface area contributed by atoms with E-state index in [1.54, 1.807) is 13.4 Å². The van der Waals surface area contributed by atoms with Crippen molar-refractivity contribution in [2.24, 2.45) is 11.8 Å². The Morgan fingerprint density at radius 3 is 2.94 bits per heavy atom. The van der Waals surface area contributed by atoms with Crippen molar-refractivity contribution in [3.05, 3.63) is 12.4 Å². The Kier molecular flexibility index (Phi) is 2.66. The molecule has 0 aliphatic carbocycles. The quantitative estimate of drug-likeness (QED) is 0.843. The van der Waals surface area contributed by atoms with Crippen molar-refractivity contribution >= 4 is 5.82 Å². The van der Waals surface area contributed by atoms with Crippen LogP contribution in [-0.2, 0) is 0 Å². The number of ether oxygens (including phenoxy) is 1. The lowest BCUT2D eigenvalue weighted by molar-refractivity contribution is 0.355. The molecule has 3 rings (SSSR count). The monoisotopic (exact) mass is 248 g/mol. The van der Waals surface area contributed by atoms with Gasteiger partial charge in [-0.3, -0.25) is 0 Å². The van der Waals surface area contributed by atoms with Gasteiger partial charge in [0, 0.05) is 31.2 Å². The zero-order valence-electron chi connectivity index (χ0n) is 11.2. The van der Waals surface area contributed by atoms with E-state index in [1.807, 2.05) is 6.07 Å². The molecule has 2 fully saturated rings. The summed E-state index contributed by atoms with van der Waals surface area (Å²) in [6.45, 7) is 7.90. The lowest BCUT2D eigenvalue weighted by Crippen LogP contribution is -2.45. The van der Waals surface area contributed by atoms with E-state index in [9.17, 15) is 0 Å². The maximum atomic E-state index is 5.19. The normalized spacial score (nSPS) is 29.4. The molecular formula is C13H20N4O. The summed E-state index contributed by atoms with van der Waals surface area (Å²) in [7, 11) is 1.64. The number of aromatic nitrogens is 2. The summed E-state index contributed by atoms with van der Waals surface area (Å²) in [5.41, 5.74) is 0.132. The van der Waals surface area contributed by atoms with Crippen molar-refractivity contribution in [2.75, 3.05) is 31.6 Å². The lowest BCUT2D eigenvalue weighted by atomic mass is 9.85. The molecule has 1 aromatic rings. The molecule has 0 amide bonds. The topological polar surface area (TPSA) is 50.3 Å². The first kappa shape index (κ1) is 11.7.